The van der Waals surface area contributed by atoms with E-state index in [0.29, 0.717) is 6.42 Å². The lowest BCUT2D eigenvalue weighted by molar-refractivity contribution is 0.0939. The number of carbonyl (C=O) groups is 1. The van der Waals surface area contributed by atoms with Gasteiger partial charge in [-0.1, -0.05) is 36.2 Å². The van der Waals surface area contributed by atoms with Crippen molar-refractivity contribution in [1.82, 2.24) is 4.90 Å². The number of Topliss-reactive ketones (excluding diaryl/α,β-unsaturated/α-hetero) is 1. The highest BCUT2D eigenvalue weighted by molar-refractivity contribution is 5.96. The van der Waals surface area contributed by atoms with Gasteiger partial charge in [0, 0.05) is 24.6 Å². The number of carbonyl (C=O) groups excluding carboxylic acids is 1. The smallest absolute Gasteiger partial charge is 0.164 e. The van der Waals surface area contributed by atoms with E-state index < -0.39 is 0 Å². The predicted molar refractivity (Wildman–Crippen MR) is 70.4 cm³/mol. The summed E-state index contributed by atoms with van der Waals surface area (Å²) >= 11 is 0. The first-order valence-corrected chi connectivity index (χ1v) is 6.47. The van der Waals surface area contributed by atoms with E-state index in [2.05, 4.69) is 11.9 Å². The molecule has 0 N–H and O–H groups in total. The van der Waals surface area contributed by atoms with Crippen molar-refractivity contribution < 1.29 is 4.79 Å². The van der Waals surface area contributed by atoms with Gasteiger partial charge in [0.1, 0.15) is 0 Å². The summed E-state index contributed by atoms with van der Waals surface area (Å²) < 4.78 is 0. The van der Waals surface area contributed by atoms with Crippen LogP contribution >= 0.6 is 0 Å². The van der Waals surface area contributed by atoms with Gasteiger partial charge in [-0.15, -0.1) is 0 Å². The zero-order valence-corrected chi connectivity index (χ0v) is 10.8. The van der Waals surface area contributed by atoms with Gasteiger partial charge in [-0.3, -0.25) is 4.79 Å². The molecule has 0 heterocycles. The summed E-state index contributed by atoms with van der Waals surface area (Å²) in [5, 5.41) is 0. The molecule has 0 atom stereocenters. The summed E-state index contributed by atoms with van der Waals surface area (Å²) in [7, 11) is 2.13. The van der Waals surface area contributed by atoms with Gasteiger partial charge >= 0.3 is 0 Å². The van der Waals surface area contributed by atoms with Crippen LogP contribution in [0, 0.1) is 6.92 Å². The van der Waals surface area contributed by atoms with Gasteiger partial charge in [-0.2, -0.15) is 0 Å². The fraction of sp³-hybridized carbons (Fsp3) is 0.533. The molecule has 0 bridgehead atoms. The van der Waals surface area contributed by atoms with Gasteiger partial charge in [0.05, 0.1) is 0 Å². The van der Waals surface area contributed by atoms with Gasteiger partial charge in [-0.05, 0) is 26.8 Å². The zero-order chi connectivity index (χ0) is 12.3. The number of nitrogens with zero attached hydrogens (tertiary/aromatic N) is 1. The molecule has 2 rings (SSSR count). The van der Waals surface area contributed by atoms with Crippen molar-refractivity contribution in [2.24, 2.45) is 0 Å². The minimum atomic E-state index is 0.260. The highest BCUT2D eigenvalue weighted by Crippen LogP contribution is 2.23. The number of hydrogen-bond acceptors (Lipinski definition) is 2. The fourth-order valence-electron chi connectivity index (χ4n) is 2.17. The van der Waals surface area contributed by atoms with Crippen molar-refractivity contribution in [3.8, 4) is 0 Å². The third-order valence-corrected chi connectivity index (χ3v) is 3.76. The number of benzene rings is 1. The third-order valence-electron chi connectivity index (χ3n) is 3.76. The highest BCUT2D eigenvalue weighted by atomic mass is 16.1. The molecule has 1 fully saturated rings. The SMILES string of the molecule is Cc1ccc(C(=O)CCN(C)C2CCC2)cc1. The van der Waals surface area contributed by atoms with E-state index in [1.807, 2.05) is 31.2 Å². The average molecular weight is 231 g/mol. The van der Waals surface area contributed by atoms with Gasteiger partial charge in [-0.25, -0.2) is 0 Å². The van der Waals surface area contributed by atoms with E-state index in [9.17, 15) is 4.79 Å². The van der Waals surface area contributed by atoms with Crippen LogP contribution in [0.4, 0.5) is 0 Å². The number of rotatable bonds is 5. The minimum absolute atomic E-state index is 0.260. The normalized spacial score (nSPS) is 15.9. The Morgan fingerprint density at radius 3 is 2.47 bits per heavy atom. The van der Waals surface area contributed by atoms with Crippen LogP contribution in [-0.2, 0) is 0 Å². The molecule has 2 heteroatoms. The largest absolute Gasteiger partial charge is 0.303 e. The van der Waals surface area contributed by atoms with Crippen LogP contribution in [0.1, 0.15) is 41.6 Å². The highest BCUT2D eigenvalue weighted by Gasteiger charge is 2.22. The Bertz CT molecular complexity index is 378. The van der Waals surface area contributed by atoms with Gasteiger partial charge in [0.15, 0.2) is 5.78 Å². The summed E-state index contributed by atoms with van der Waals surface area (Å²) in [6.07, 6.45) is 4.58. The first-order chi connectivity index (χ1) is 8.16. The molecule has 1 aromatic rings. The average Bonchev–Trinajstić information content (AvgIpc) is 2.24. The summed E-state index contributed by atoms with van der Waals surface area (Å²) in [5.41, 5.74) is 2.05. The maximum atomic E-state index is 12.0. The van der Waals surface area contributed by atoms with E-state index >= 15 is 0 Å². The van der Waals surface area contributed by atoms with E-state index in [-0.39, 0.29) is 5.78 Å². The molecule has 17 heavy (non-hydrogen) atoms. The van der Waals surface area contributed by atoms with Crippen LogP contribution in [0.2, 0.25) is 0 Å². The van der Waals surface area contributed by atoms with Gasteiger partial charge in [0.25, 0.3) is 0 Å². The number of aryl methyl sites for hydroxylation is 1. The first-order valence-electron chi connectivity index (χ1n) is 6.47. The molecule has 0 aliphatic heterocycles. The minimum Gasteiger partial charge on any atom is -0.303 e. The van der Waals surface area contributed by atoms with E-state index in [1.54, 1.807) is 0 Å². The summed E-state index contributed by atoms with van der Waals surface area (Å²) in [6, 6.07) is 8.59. The second-order valence-corrected chi connectivity index (χ2v) is 5.10. The molecule has 0 amide bonds. The zero-order valence-electron chi connectivity index (χ0n) is 10.8. The second-order valence-electron chi connectivity index (χ2n) is 5.10. The Kier molecular flexibility index (Phi) is 3.95. The second kappa shape index (κ2) is 5.46. The molecule has 1 aromatic carbocycles. The van der Waals surface area contributed by atoms with Crippen molar-refractivity contribution in [3.63, 3.8) is 0 Å². The molecule has 1 aliphatic rings. The van der Waals surface area contributed by atoms with E-state index in [4.69, 9.17) is 0 Å². The Labute approximate surface area is 104 Å². The summed E-state index contributed by atoms with van der Waals surface area (Å²) in [5.74, 6) is 0.260. The van der Waals surface area contributed by atoms with Gasteiger partial charge < -0.3 is 4.90 Å². The standard InChI is InChI=1S/C15H21NO/c1-12-6-8-13(9-7-12)15(17)10-11-16(2)14-4-3-5-14/h6-9,14H,3-5,10-11H2,1-2H3. The van der Waals surface area contributed by atoms with Crippen molar-refractivity contribution in [2.75, 3.05) is 13.6 Å². The lowest BCUT2D eigenvalue weighted by Gasteiger charge is -2.34. The van der Waals surface area contributed by atoms with Crippen LogP contribution < -0.4 is 0 Å². The van der Waals surface area contributed by atoms with Crippen LogP contribution in [0.3, 0.4) is 0 Å². The molecule has 0 radical (unpaired) electrons. The first kappa shape index (κ1) is 12.3. The molecule has 2 nitrogen and oxygen atoms in total. The molecule has 1 aliphatic carbocycles. The van der Waals surface area contributed by atoms with E-state index in [1.165, 1.54) is 24.8 Å². The predicted octanol–water partition coefficient (Wildman–Crippen LogP) is 3.05. The Balaban J connectivity index is 1.82. The quantitative estimate of drug-likeness (QED) is 0.726. The van der Waals surface area contributed by atoms with Crippen LogP contribution in [-0.4, -0.2) is 30.3 Å². The fourth-order valence-corrected chi connectivity index (χ4v) is 2.17. The molecule has 0 spiro atoms. The molecule has 0 aromatic heterocycles. The summed E-state index contributed by atoms with van der Waals surface area (Å²) in [4.78, 5) is 14.3. The molecule has 0 saturated heterocycles. The van der Waals surface area contributed by atoms with Crippen LogP contribution in [0.5, 0.6) is 0 Å². The van der Waals surface area contributed by atoms with Crippen molar-refractivity contribution in [1.29, 1.82) is 0 Å². The third kappa shape index (κ3) is 3.16. The number of hydrogen-bond donors (Lipinski definition) is 0. The van der Waals surface area contributed by atoms with Crippen molar-refractivity contribution in [3.05, 3.63) is 35.4 Å². The number of ketones is 1. The Hall–Kier alpha value is -1.15. The maximum absolute atomic E-state index is 12.0. The molecule has 92 valence electrons. The maximum Gasteiger partial charge on any atom is 0.164 e. The molecule has 0 unspecified atom stereocenters. The lowest BCUT2D eigenvalue weighted by atomic mass is 9.91. The Morgan fingerprint density at radius 1 is 1.29 bits per heavy atom. The lowest BCUT2D eigenvalue weighted by Crippen LogP contribution is -2.38. The van der Waals surface area contributed by atoms with Crippen LogP contribution in [0.25, 0.3) is 0 Å². The van der Waals surface area contributed by atoms with Crippen LogP contribution in [0.15, 0.2) is 24.3 Å². The van der Waals surface area contributed by atoms with Gasteiger partial charge in [0.2, 0.25) is 0 Å². The topological polar surface area (TPSA) is 20.3 Å². The van der Waals surface area contributed by atoms with E-state index in [0.717, 1.165) is 18.2 Å². The van der Waals surface area contributed by atoms with Crippen molar-refractivity contribution in [2.45, 2.75) is 38.6 Å². The monoisotopic (exact) mass is 231 g/mol. The molecular weight excluding hydrogens is 210 g/mol. The molecule has 1 saturated carbocycles. The Morgan fingerprint density at radius 2 is 1.94 bits per heavy atom. The van der Waals surface area contributed by atoms with Crippen molar-refractivity contribution >= 4 is 5.78 Å². The summed E-state index contributed by atoms with van der Waals surface area (Å²) in [6.45, 7) is 2.93. The molecular formula is C15H21NO.